The Labute approximate surface area is 180 Å². The molecule has 0 bridgehead atoms. The lowest BCUT2D eigenvalue weighted by Crippen LogP contribution is -2.38. The first kappa shape index (κ1) is 21.4. The van der Waals surface area contributed by atoms with E-state index in [0.717, 1.165) is 21.9 Å². The van der Waals surface area contributed by atoms with E-state index in [0.29, 0.717) is 25.9 Å². The molecule has 31 heavy (non-hydrogen) atoms. The molecule has 1 aliphatic rings. The number of benzene rings is 2. The van der Waals surface area contributed by atoms with Gasteiger partial charge in [0, 0.05) is 19.3 Å². The maximum atomic E-state index is 14.0. The molecule has 6 nitrogen and oxygen atoms in total. The van der Waals surface area contributed by atoms with E-state index in [4.69, 9.17) is 4.74 Å². The number of esters is 1. The van der Waals surface area contributed by atoms with Crippen molar-refractivity contribution < 1.29 is 22.3 Å². The third-order valence-corrected chi connectivity index (χ3v) is 7.54. The molecule has 0 aliphatic carbocycles. The van der Waals surface area contributed by atoms with Gasteiger partial charge in [-0.25, -0.2) is 17.8 Å². The van der Waals surface area contributed by atoms with Crippen molar-refractivity contribution in [3.05, 3.63) is 71.7 Å². The van der Waals surface area contributed by atoms with E-state index in [1.54, 1.807) is 18.2 Å². The normalized spacial score (nSPS) is 15.8. The summed E-state index contributed by atoms with van der Waals surface area (Å²) in [6.45, 7) is 0.698. The zero-order valence-electron chi connectivity index (χ0n) is 17.1. The monoisotopic (exact) mass is 442 g/mol. The predicted molar refractivity (Wildman–Crippen MR) is 115 cm³/mol. The molecule has 1 fully saturated rings. The number of carbonyl (C=O) groups is 1. The first-order valence-corrected chi connectivity index (χ1v) is 11.5. The molecule has 1 aromatic heterocycles. The number of fused-ring (bicyclic) bond motifs is 1. The number of halogens is 1. The van der Waals surface area contributed by atoms with Crippen LogP contribution in [0.4, 0.5) is 4.39 Å². The summed E-state index contributed by atoms with van der Waals surface area (Å²) >= 11 is 0. The SMILES string of the molecule is COC(=O)Cc1cc(C2CCN(S(=O)(=O)c3ccccn3)CC2)c2cc(F)ccc2c1. The molecule has 0 spiro atoms. The van der Waals surface area contributed by atoms with Crippen LogP contribution in [-0.4, -0.2) is 43.9 Å². The van der Waals surface area contributed by atoms with E-state index in [9.17, 15) is 17.6 Å². The number of hydrogen-bond acceptors (Lipinski definition) is 5. The van der Waals surface area contributed by atoms with Crippen LogP contribution in [-0.2, 0) is 26.0 Å². The number of carbonyl (C=O) groups excluding carboxylic acids is 1. The van der Waals surface area contributed by atoms with Gasteiger partial charge in [-0.2, -0.15) is 4.31 Å². The highest BCUT2D eigenvalue weighted by molar-refractivity contribution is 7.89. The van der Waals surface area contributed by atoms with Crippen molar-refractivity contribution in [1.82, 2.24) is 9.29 Å². The molecule has 0 unspecified atom stereocenters. The highest BCUT2D eigenvalue weighted by atomic mass is 32.2. The Hall–Kier alpha value is -2.84. The molecular formula is C23H23FN2O4S. The van der Waals surface area contributed by atoms with Crippen molar-refractivity contribution in [3.63, 3.8) is 0 Å². The molecule has 0 radical (unpaired) electrons. The van der Waals surface area contributed by atoms with Crippen LogP contribution in [0.2, 0.25) is 0 Å². The summed E-state index contributed by atoms with van der Waals surface area (Å²) in [6.07, 6.45) is 2.79. The quantitative estimate of drug-likeness (QED) is 0.564. The number of piperidine rings is 1. The standard InChI is InChI=1S/C23H23FN2O4S/c1-30-23(27)14-16-12-18-5-6-19(24)15-21(18)20(13-16)17-7-10-26(11-8-17)31(28,29)22-4-2-3-9-25-22/h2-6,9,12-13,15,17H,7-8,10-11,14H2,1H3. The minimum atomic E-state index is -3.64. The van der Waals surface area contributed by atoms with Crippen LogP contribution in [0.5, 0.6) is 0 Å². The Kier molecular flexibility index (Phi) is 6.02. The minimum Gasteiger partial charge on any atom is -0.469 e. The van der Waals surface area contributed by atoms with Gasteiger partial charge in [-0.3, -0.25) is 4.79 Å². The van der Waals surface area contributed by atoms with Gasteiger partial charge in [-0.05, 0) is 64.9 Å². The van der Waals surface area contributed by atoms with Crippen LogP contribution >= 0.6 is 0 Å². The van der Waals surface area contributed by atoms with Crippen molar-refractivity contribution in [2.24, 2.45) is 0 Å². The molecule has 1 aliphatic heterocycles. The predicted octanol–water partition coefficient (Wildman–Crippen LogP) is 3.66. The largest absolute Gasteiger partial charge is 0.469 e. The molecule has 0 saturated carbocycles. The Morgan fingerprint density at radius 3 is 2.61 bits per heavy atom. The van der Waals surface area contributed by atoms with E-state index >= 15 is 0 Å². The first-order chi connectivity index (χ1) is 14.9. The van der Waals surface area contributed by atoms with Crippen molar-refractivity contribution in [1.29, 1.82) is 0 Å². The third kappa shape index (κ3) is 4.45. The first-order valence-electron chi connectivity index (χ1n) is 10.1. The van der Waals surface area contributed by atoms with Crippen molar-refractivity contribution >= 4 is 26.8 Å². The fourth-order valence-electron chi connectivity index (χ4n) is 4.14. The average Bonchev–Trinajstić information content (AvgIpc) is 2.79. The van der Waals surface area contributed by atoms with Gasteiger partial charge in [-0.1, -0.05) is 24.3 Å². The van der Waals surface area contributed by atoms with Crippen molar-refractivity contribution in [2.45, 2.75) is 30.2 Å². The van der Waals surface area contributed by atoms with E-state index < -0.39 is 10.0 Å². The van der Waals surface area contributed by atoms with Gasteiger partial charge < -0.3 is 4.74 Å². The van der Waals surface area contributed by atoms with Crippen molar-refractivity contribution in [3.8, 4) is 0 Å². The van der Waals surface area contributed by atoms with E-state index in [1.807, 2.05) is 12.1 Å². The summed E-state index contributed by atoms with van der Waals surface area (Å²) < 4.78 is 45.9. The summed E-state index contributed by atoms with van der Waals surface area (Å²) in [5.74, 6) is -0.620. The second-order valence-electron chi connectivity index (χ2n) is 7.65. The summed E-state index contributed by atoms with van der Waals surface area (Å²) in [5, 5.41) is 1.68. The molecule has 0 atom stereocenters. The lowest BCUT2D eigenvalue weighted by Gasteiger charge is -2.32. The number of aromatic nitrogens is 1. The van der Waals surface area contributed by atoms with Gasteiger partial charge in [-0.15, -0.1) is 0 Å². The maximum absolute atomic E-state index is 14.0. The average molecular weight is 443 g/mol. The molecule has 8 heteroatoms. The molecule has 3 aromatic rings. The molecule has 1 saturated heterocycles. The molecule has 4 rings (SSSR count). The summed E-state index contributed by atoms with van der Waals surface area (Å²) in [7, 11) is -2.30. The van der Waals surface area contributed by atoms with Crippen LogP contribution in [0.3, 0.4) is 0 Å². The number of sulfonamides is 1. The van der Waals surface area contributed by atoms with Gasteiger partial charge in [0.15, 0.2) is 5.03 Å². The Morgan fingerprint density at radius 2 is 1.94 bits per heavy atom. The maximum Gasteiger partial charge on any atom is 0.309 e. The number of pyridine rings is 1. The molecule has 2 heterocycles. The minimum absolute atomic E-state index is 0.0426. The molecule has 0 amide bonds. The number of ether oxygens (including phenoxy) is 1. The van der Waals surface area contributed by atoms with E-state index in [2.05, 4.69) is 4.98 Å². The topological polar surface area (TPSA) is 76.6 Å². The molecule has 162 valence electrons. The van der Waals surface area contributed by atoms with Gasteiger partial charge >= 0.3 is 5.97 Å². The zero-order chi connectivity index (χ0) is 22.0. The Bertz CT molecular complexity index is 1210. The van der Waals surface area contributed by atoms with Crippen LogP contribution in [0, 0.1) is 5.82 Å². The van der Waals surface area contributed by atoms with E-state index in [1.165, 1.54) is 35.8 Å². The molecule has 2 aromatic carbocycles. The second-order valence-corrected chi connectivity index (χ2v) is 9.53. The van der Waals surface area contributed by atoms with Gasteiger partial charge in [0.05, 0.1) is 13.5 Å². The molecule has 0 N–H and O–H groups in total. The Balaban J connectivity index is 1.62. The third-order valence-electron chi connectivity index (χ3n) is 5.72. The number of methoxy groups -OCH3 is 1. The van der Waals surface area contributed by atoms with Crippen LogP contribution in [0.25, 0.3) is 10.8 Å². The van der Waals surface area contributed by atoms with E-state index in [-0.39, 0.29) is 29.2 Å². The lowest BCUT2D eigenvalue weighted by molar-refractivity contribution is -0.139. The second kappa shape index (κ2) is 8.72. The smallest absolute Gasteiger partial charge is 0.309 e. The lowest BCUT2D eigenvalue weighted by atomic mass is 9.85. The number of hydrogen-bond donors (Lipinski definition) is 0. The van der Waals surface area contributed by atoms with Crippen LogP contribution in [0.1, 0.15) is 29.9 Å². The van der Waals surface area contributed by atoms with Gasteiger partial charge in [0.25, 0.3) is 10.0 Å². The fraction of sp³-hybridized carbons (Fsp3) is 0.304. The van der Waals surface area contributed by atoms with Gasteiger partial charge in [0.1, 0.15) is 5.82 Å². The van der Waals surface area contributed by atoms with Crippen LogP contribution in [0.15, 0.2) is 59.8 Å². The molecular weight excluding hydrogens is 419 g/mol. The summed E-state index contributed by atoms with van der Waals surface area (Å²) in [5.41, 5.74) is 1.73. The summed E-state index contributed by atoms with van der Waals surface area (Å²) in [4.78, 5) is 15.8. The van der Waals surface area contributed by atoms with Gasteiger partial charge in [0.2, 0.25) is 0 Å². The zero-order valence-corrected chi connectivity index (χ0v) is 17.9. The highest BCUT2D eigenvalue weighted by Crippen LogP contribution is 2.36. The fourth-order valence-corrected chi connectivity index (χ4v) is 5.54. The van der Waals surface area contributed by atoms with Crippen molar-refractivity contribution in [2.75, 3.05) is 20.2 Å². The summed E-state index contributed by atoms with van der Waals surface area (Å²) in [6, 6.07) is 13.2. The Morgan fingerprint density at radius 1 is 1.16 bits per heavy atom. The number of nitrogens with zero attached hydrogens (tertiary/aromatic N) is 2. The number of rotatable bonds is 5. The highest BCUT2D eigenvalue weighted by Gasteiger charge is 2.31. The van der Waals surface area contributed by atoms with Crippen LogP contribution < -0.4 is 0 Å².